The molecule has 208 valence electrons. The Bertz CT molecular complexity index is 1430. The molecular weight excluding hydrogens is 557 g/mol. The average Bonchev–Trinajstić information content (AvgIpc) is 2.89. The Labute approximate surface area is 240 Å². The first-order valence-electron chi connectivity index (χ1n) is 12.6. The maximum Gasteiger partial charge on any atom is 0.264 e. The molecule has 0 aliphatic heterocycles. The van der Waals surface area contributed by atoms with Gasteiger partial charge in [-0.15, -0.1) is 0 Å². The van der Waals surface area contributed by atoms with Crippen LogP contribution in [0.5, 0.6) is 0 Å². The van der Waals surface area contributed by atoms with Crippen LogP contribution in [0, 0.1) is 13.8 Å². The third-order valence-corrected chi connectivity index (χ3v) is 8.52. The molecule has 0 saturated heterocycles. The van der Waals surface area contributed by atoms with Gasteiger partial charge in [-0.25, -0.2) is 8.42 Å². The van der Waals surface area contributed by atoms with E-state index in [1.165, 1.54) is 17.0 Å². The molecule has 7 nitrogen and oxygen atoms in total. The molecule has 0 unspecified atom stereocenters. The molecule has 10 heteroatoms. The number of amides is 2. The number of nitrogens with one attached hydrogen (secondary N) is 1. The molecule has 0 spiro atoms. The minimum Gasteiger partial charge on any atom is -0.354 e. The quantitative estimate of drug-likeness (QED) is 0.308. The highest BCUT2D eigenvalue weighted by molar-refractivity contribution is 7.92. The molecule has 2 amide bonds. The Morgan fingerprint density at radius 1 is 0.949 bits per heavy atom. The maximum absolute atomic E-state index is 13.9. The average molecular weight is 591 g/mol. The SMILES string of the molecule is CCCNC(=O)[C@H](C)N(Cc1cccc(Cl)c1)C(=O)CN(c1ccc(Cl)cc1C)S(=O)(=O)c1ccc(C)cc1. The Hall–Kier alpha value is -3.07. The lowest BCUT2D eigenvalue weighted by Crippen LogP contribution is -2.51. The number of rotatable bonds is 11. The fourth-order valence-electron chi connectivity index (χ4n) is 4.06. The summed E-state index contributed by atoms with van der Waals surface area (Å²) in [4.78, 5) is 28.3. The molecule has 39 heavy (non-hydrogen) atoms. The smallest absolute Gasteiger partial charge is 0.264 e. The number of halogens is 2. The van der Waals surface area contributed by atoms with Crippen molar-refractivity contribution in [3.63, 3.8) is 0 Å². The number of aryl methyl sites for hydroxylation is 2. The van der Waals surface area contributed by atoms with E-state index in [-0.39, 0.29) is 17.3 Å². The summed E-state index contributed by atoms with van der Waals surface area (Å²) >= 11 is 12.3. The first kappa shape index (κ1) is 30.5. The van der Waals surface area contributed by atoms with Crippen molar-refractivity contribution < 1.29 is 18.0 Å². The zero-order valence-corrected chi connectivity index (χ0v) is 24.8. The van der Waals surface area contributed by atoms with Crippen LogP contribution in [0.25, 0.3) is 0 Å². The Kier molecular flexibility index (Phi) is 10.4. The number of benzene rings is 3. The van der Waals surface area contributed by atoms with Crippen LogP contribution in [0.3, 0.4) is 0 Å². The second kappa shape index (κ2) is 13.3. The highest BCUT2D eigenvalue weighted by Crippen LogP contribution is 2.29. The van der Waals surface area contributed by atoms with Gasteiger partial charge in [-0.2, -0.15) is 0 Å². The molecule has 3 aromatic carbocycles. The lowest BCUT2D eigenvalue weighted by molar-refractivity contribution is -0.139. The first-order valence-corrected chi connectivity index (χ1v) is 14.8. The lowest BCUT2D eigenvalue weighted by Gasteiger charge is -2.32. The number of carbonyl (C=O) groups is 2. The number of nitrogens with zero attached hydrogens (tertiary/aromatic N) is 2. The van der Waals surface area contributed by atoms with Gasteiger partial charge in [0.25, 0.3) is 10.0 Å². The molecule has 3 rings (SSSR count). The summed E-state index contributed by atoms with van der Waals surface area (Å²) < 4.78 is 28.9. The molecule has 0 radical (unpaired) electrons. The molecule has 0 heterocycles. The summed E-state index contributed by atoms with van der Waals surface area (Å²) in [6.45, 7) is 7.15. The maximum atomic E-state index is 13.9. The minimum absolute atomic E-state index is 0.0466. The lowest BCUT2D eigenvalue weighted by atomic mass is 10.1. The third kappa shape index (κ3) is 7.75. The van der Waals surface area contributed by atoms with E-state index in [0.717, 1.165) is 16.3 Å². The van der Waals surface area contributed by atoms with Gasteiger partial charge in [0.2, 0.25) is 11.8 Å². The second-order valence-corrected chi connectivity index (χ2v) is 12.1. The predicted molar refractivity (Wildman–Crippen MR) is 157 cm³/mol. The fraction of sp³-hybridized carbons (Fsp3) is 0.310. The Balaban J connectivity index is 2.05. The van der Waals surface area contributed by atoms with Crippen molar-refractivity contribution in [3.05, 3.63) is 93.5 Å². The van der Waals surface area contributed by atoms with E-state index in [1.54, 1.807) is 68.4 Å². The van der Waals surface area contributed by atoms with Gasteiger partial charge >= 0.3 is 0 Å². The van der Waals surface area contributed by atoms with Crippen LogP contribution in [0.4, 0.5) is 5.69 Å². The summed E-state index contributed by atoms with van der Waals surface area (Å²) in [5, 5.41) is 3.75. The number of carbonyl (C=O) groups excluding carboxylic acids is 2. The van der Waals surface area contributed by atoms with Gasteiger partial charge in [-0.1, -0.05) is 60.0 Å². The van der Waals surface area contributed by atoms with Crippen molar-refractivity contribution in [2.24, 2.45) is 0 Å². The summed E-state index contributed by atoms with van der Waals surface area (Å²) in [6, 6.07) is 17.3. The largest absolute Gasteiger partial charge is 0.354 e. The van der Waals surface area contributed by atoms with Crippen LogP contribution in [-0.4, -0.2) is 44.3 Å². The molecule has 1 atom stereocenters. The molecule has 0 aromatic heterocycles. The van der Waals surface area contributed by atoms with E-state index in [9.17, 15) is 18.0 Å². The van der Waals surface area contributed by atoms with Gasteiger partial charge in [0.05, 0.1) is 10.6 Å². The molecule has 0 fully saturated rings. The van der Waals surface area contributed by atoms with E-state index in [2.05, 4.69) is 5.32 Å². The van der Waals surface area contributed by atoms with Crippen LogP contribution < -0.4 is 9.62 Å². The van der Waals surface area contributed by atoms with Crippen molar-refractivity contribution in [1.82, 2.24) is 10.2 Å². The van der Waals surface area contributed by atoms with Crippen LogP contribution in [0.2, 0.25) is 10.0 Å². The van der Waals surface area contributed by atoms with Crippen LogP contribution in [0.15, 0.2) is 71.6 Å². The zero-order valence-electron chi connectivity index (χ0n) is 22.4. The standard InChI is InChI=1S/C29H33Cl2N3O4S/c1-5-15-32-29(36)22(4)33(18-23-7-6-8-24(30)17-23)28(35)19-34(27-14-11-25(31)16-21(27)3)39(37,38)26-12-9-20(2)10-13-26/h6-14,16-17,22H,5,15,18-19H2,1-4H3,(H,32,36)/t22-/m0/s1. The molecule has 0 saturated carbocycles. The topological polar surface area (TPSA) is 86.8 Å². The monoisotopic (exact) mass is 589 g/mol. The van der Waals surface area contributed by atoms with Gasteiger partial charge in [0.1, 0.15) is 12.6 Å². The number of hydrogen-bond acceptors (Lipinski definition) is 4. The van der Waals surface area contributed by atoms with E-state index >= 15 is 0 Å². The van der Waals surface area contributed by atoms with E-state index < -0.39 is 28.5 Å². The first-order chi connectivity index (χ1) is 18.4. The third-order valence-electron chi connectivity index (χ3n) is 6.27. The molecule has 0 aliphatic rings. The molecule has 0 bridgehead atoms. The second-order valence-electron chi connectivity index (χ2n) is 9.37. The van der Waals surface area contributed by atoms with Gasteiger partial charge < -0.3 is 10.2 Å². The summed E-state index contributed by atoms with van der Waals surface area (Å²) in [6.07, 6.45) is 0.735. The van der Waals surface area contributed by atoms with Crippen molar-refractivity contribution in [2.45, 2.75) is 51.6 Å². The van der Waals surface area contributed by atoms with E-state index in [0.29, 0.717) is 33.4 Å². The van der Waals surface area contributed by atoms with Gasteiger partial charge in [0, 0.05) is 23.1 Å². The fourth-order valence-corrected chi connectivity index (χ4v) is 5.98. The van der Waals surface area contributed by atoms with Gasteiger partial charge in [-0.05, 0) is 80.8 Å². The Morgan fingerprint density at radius 2 is 1.62 bits per heavy atom. The molecular formula is C29H33Cl2N3O4S. The summed E-state index contributed by atoms with van der Waals surface area (Å²) in [5.41, 5.74) is 2.51. The molecule has 0 aliphatic carbocycles. The molecule has 1 N–H and O–H groups in total. The number of hydrogen-bond donors (Lipinski definition) is 1. The predicted octanol–water partition coefficient (Wildman–Crippen LogP) is 5.75. The highest BCUT2D eigenvalue weighted by Gasteiger charge is 2.33. The molecule has 3 aromatic rings. The van der Waals surface area contributed by atoms with E-state index in [4.69, 9.17) is 23.2 Å². The highest BCUT2D eigenvalue weighted by atomic mass is 35.5. The minimum atomic E-state index is -4.15. The summed E-state index contributed by atoms with van der Waals surface area (Å²) in [7, 11) is -4.15. The van der Waals surface area contributed by atoms with Crippen LogP contribution in [0.1, 0.15) is 37.0 Å². The Morgan fingerprint density at radius 3 is 2.23 bits per heavy atom. The van der Waals surface area contributed by atoms with Crippen molar-refractivity contribution in [2.75, 3.05) is 17.4 Å². The van der Waals surface area contributed by atoms with Crippen molar-refractivity contribution in [1.29, 1.82) is 0 Å². The van der Waals surface area contributed by atoms with Gasteiger partial charge in [-0.3, -0.25) is 13.9 Å². The normalized spacial score (nSPS) is 12.1. The summed E-state index contributed by atoms with van der Waals surface area (Å²) in [5.74, 6) is -0.873. The number of sulfonamides is 1. The van der Waals surface area contributed by atoms with Crippen molar-refractivity contribution in [3.8, 4) is 0 Å². The zero-order chi connectivity index (χ0) is 28.7. The van der Waals surface area contributed by atoms with Gasteiger partial charge in [0.15, 0.2) is 0 Å². The van der Waals surface area contributed by atoms with Crippen LogP contribution in [-0.2, 0) is 26.2 Å². The number of anilines is 1. The van der Waals surface area contributed by atoms with Crippen molar-refractivity contribution >= 4 is 50.7 Å². The van der Waals surface area contributed by atoms with E-state index in [1.807, 2.05) is 13.8 Å². The van der Waals surface area contributed by atoms with Crippen LogP contribution >= 0.6 is 23.2 Å².